The van der Waals surface area contributed by atoms with Crippen molar-refractivity contribution in [1.82, 2.24) is 9.62 Å². The van der Waals surface area contributed by atoms with Gasteiger partial charge in [-0.05, 0) is 39.0 Å². The van der Waals surface area contributed by atoms with Crippen LogP contribution in [0.25, 0.3) is 0 Å². The maximum absolute atomic E-state index is 12.5. The summed E-state index contributed by atoms with van der Waals surface area (Å²) in [5, 5.41) is 11.2. The van der Waals surface area contributed by atoms with Crippen LogP contribution in [-0.2, 0) is 14.8 Å². The number of hydrogen-bond donors (Lipinski definition) is 2. The minimum atomic E-state index is -3.99. The van der Waals surface area contributed by atoms with Crippen LogP contribution in [0.5, 0.6) is 0 Å². The normalized spacial score (nSPS) is 16.8. The molecule has 130 valence electrons. The van der Waals surface area contributed by atoms with Crippen molar-refractivity contribution >= 4 is 27.8 Å². The maximum Gasteiger partial charge on any atom is 0.305 e. The number of aliphatic carboxylic acids is 1. The number of carbonyl (C=O) groups excluding carboxylic acids is 2. The molecule has 1 aliphatic rings. The zero-order valence-electron chi connectivity index (χ0n) is 13.4. The lowest BCUT2D eigenvalue weighted by atomic mass is 10.1. The summed E-state index contributed by atoms with van der Waals surface area (Å²) in [6.07, 6.45) is -0.255. The molecule has 0 saturated heterocycles. The highest BCUT2D eigenvalue weighted by Crippen LogP contribution is 2.32. The predicted octanol–water partition coefficient (Wildman–Crippen LogP) is 0.832. The van der Waals surface area contributed by atoms with Crippen molar-refractivity contribution in [3.63, 3.8) is 0 Å². The van der Waals surface area contributed by atoms with Gasteiger partial charge in [-0.1, -0.05) is 0 Å². The summed E-state index contributed by atoms with van der Waals surface area (Å²) in [5.74, 6) is -2.28. The quantitative estimate of drug-likeness (QED) is 0.808. The zero-order valence-corrected chi connectivity index (χ0v) is 14.3. The van der Waals surface area contributed by atoms with Crippen LogP contribution in [0, 0.1) is 0 Å². The van der Waals surface area contributed by atoms with Crippen molar-refractivity contribution in [3.05, 3.63) is 29.3 Å². The van der Waals surface area contributed by atoms with Gasteiger partial charge in [-0.2, -0.15) is 0 Å². The van der Waals surface area contributed by atoms with Gasteiger partial charge in [0.1, 0.15) is 4.90 Å². The number of sulfonamides is 1. The molecule has 1 aromatic rings. The van der Waals surface area contributed by atoms with E-state index in [0.717, 1.165) is 10.4 Å². The molecule has 2 amide bonds. The Morgan fingerprint density at radius 3 is 2.42 bits per heavy atom. The molecule has 0 radical (unpaired) electrons. The number of fused-ring (bicyclic) bond motifs is 1. The molecular weight excluding hydrogens is 336 g/mol. The molecule has 1 heterocycles. The fourth-order valence-corrected chi connectivity index (χ4v) is 4.31. The number of hydrogen-bond acceptors (Lipinski definition) is 5. The first-order valence-electron chi connectivity index (χ1n) is 7.31. The molecule has 9 heteroatoms. The lowest BCUT2D eigenvalue weighted by molar-refractivity contribution is -0.137. The van der Waals surface area contributed by atoms with Gasteiger partial charge in [0.15, 0.2) is 0 Å². The van der Waals surface area contributed by atoms with E-state index in [1.165, 1.54) is 19.1 Å². The standard InChI is InChI=1S/C15H18N2O6S/c1-8(2)17-15(21)11-5-4-10(7-12(11)24(17,22)23)14(20)16-9(3)6-13(18)19/h4-5,7-9H,6H2,1-3H3,(H,16,20)(H,18,19). The van der Waals surface area contributed by atoms with Crippen molar-refractivity contribution in [3.8, 4) is 0 Å². The van der Waals surface area contributed by atoms with Gasteiger partial charge in [0.25, 0.3) is 21.8 Å². The van der Waals surface area contributed by atoms with E-state index in [0.29, 0.717) is 0 Å². The van der Waals surface area contributed by atoms with Crippen LogP contribution in [0.3, 0.4) is 0 Å². The van der Waals surface area contributed by atoms with Crippen LogP contribution in [0.2, 0.25) is 0 Å². The van der Waals surface area contributed by atoms with E-state index >= 15 is 0 Å². The highest BCUT2D eigenvalue weighted by atomic mass is 32.2. The van der Waals surface area contributed by atoms with Gasteiger partial charge < -0.3 is 10.4 Å². The smallest absolute Gasteiger partial charge is 0.305 e. The first-order valence-corrected chi connectivity index (χ1v) is 8.75. The van der Waals surface area contributed by atoms with Gasteiger partial charge >= 0.3 is 5.97 Å². The van der Waals surface area contributed by atoms with E-state index in [2.05, 4.69) is 5.32 Å². The maximum atomic E-state index is 12.5. The summed E-state index contributed by atoms with van der Waals surface area (Å²) in [6, 6.07) is 2.64. The van der Waals surface area contributed by atoms with Crippen LogP contribution in [0.15, 0.2) is 23.1 Å². The molecule has 0 saturated carbocycles. The number of nitrogens with one attached hydrogen (secondary N) is 1. The summed E-state index contributed by atoms with van der Waals surface area (Å²) in [7, 11) is -3.99. The van der Waals surface area contributed by atoms with Gasteiger partial charge in [0, 0.05) is 17.6 Å². The first-order chi connectivity index (χ1) is 11.1. The van der Waals surface area contributed by atoms with Crippen molar-refractivity contribution < 1.29 is 27.9 Å². The molecule has 0 fully saturated rings. The molecule has 2 rings (SSSR count). The van der Waals surface area contributed by atoms with E-state index in [1.54, 1.807) is 13.8 Å². The Labute approximate surface area is 139 Å². The highest BCUT2D eigenvalue weighted by Gasteiger charge is 2.42. The van der Waals surface area contributed by atoms with Crippen molar-refractivity contribution in [2.45, 2.75) is 44.2 Å². The third kappa shape index (κ3) is 3.12. The van der Waals surface area contributed by atoms with Gasteiger partial charge in [0.05, 0.1) is 12.0 Å². The SMILES string of the molecule is CC(CC(=O)O)NC(=O)c1ccc2c(c1)S(=O)(=O)N(C(C)C)C2=O. The van der Waals surface area contributed by atoms with E-state index in [-0.39, 0.29) is 22.4 Å². The van der Waals surface area contributed by atoms with Crippen molar-refractivity contribution in [2.75, 3.05) is 0 Å². The van der Waals surface area contributed by atoms with Gasteiger partial charge in [0.2, 0.25) is 0 Å². The highest BCUT2D eigenvalue weighted by molar-refractivity contribution is 7.90. The Kier molecular flexibility index (Phi) is 4.66. The molecule has 1 aromatic carbocycles. The molecule has 2 N–H and O–H groups in total. The fraction of sp³-hybridized carbons (Fsp3) is 0.400. The van der Waals surface area contributed by atoms with Crippen LogP contribution >= 0.6 is 0 Å². The van der Waals surface area contributed by atoms with Gasteiger partial charge in [-0.3, -0.25) is 14.4 Å². The second kappa shape index (κ2) is 6.23. The molecule has 8 nitrogen and oxygen atoms in total. The Morgan fingerprint density at radius 2 is 1.88 bits per heavy atom. The summed E-state index contributed by atoms with van der Waals surface area (Å²) in [6.45, 7) is 4.70. The number of nitrogens with zero attached hydrogens (tertiary/aromatic N) is 1. The summed E-state index contributed by atoms with van der Waals surface area (Å²) >= 11 is 0. The van der Waals surface area contributed by atoms with E-state index < -0.39 is 39.9 Å². The molecule has 0 aromatic heterocycles. The lowest BCUT2D eigenvalue weighted by Gasteiger charge is -2.18. The third-order valence-electron chi connectivity index (χ3n) is 3.54. The Hall–Kier alpha value is -2.42. The lowest BCUT2D eigenvalue weighted by Crippen LogP contribution is -2.36. The number of carbonyl (C=O) groups is 3. The second-order valence-corrected chi connectivity index (χ2v) is 7.67. The van der Waals surface area contributed by atoms with Gasteiger partial charge in [-0.25, -0.2) is 12.7 Å². The first kappa shape index (κ1) is 17.9. The fourth-order valence-electron chi connectivity index (χ4n) is 2.52. The molecule has 1 aliphatic heterocycles. The minimum Gasteiger partial charge on any atom is -0.481 e. The Bertz CT molecular complexity index is 815. The molecule has 24 heavy (non-hydrogen) atoms. The molecule has 0 spiro atoms. The molecule has 0 aliphatic carbocycles. The van der Waals surface area contributed by atoms with Crippen LogP contribution in [0.4, 0.5) is 0 Å². The number of carboxylic acid groups (broad SMARTS) is 1. The van der Waals surface area contributed by atoms with E-state index in [1.807, 2.05) is 0 Å². The third-order valence-corrected chi connectivity index (χ3v) is 5.54. The monoisotopic (exact) mass is 354 g/mol. The van der Waals surface area contributed by atoms with Crippen molar-refractivity contribution in [2.24, 2.45) is 0 Å². The topological polar surface area (TPSA) is 121 Å². The zero-order chi connectivity index (χ0) is 18.2. The average molecular weight is 354 g/mol. The second-order valence-electron chi connectivity index (χ2n) is 5.88. The Balaban J connectivity index is 2.34. The molecule has 1 unspecified atom stereocenters. The number of rotatable bonds is 5. The largest absolute Gasteiger partial charge is 0.481 e. The Morgan fingerprint density at radius 1 is 1.25 bits per heavy atom. The number of benzene rings is 1. The number of carboxylic acids is 1. The average Bonchev–Trinajstić information content (AvgIpc) is 2.64. The van der Waals surface area contributed by atoms with Crippen LogP contribution < -0.4 is 5.32 Å². The van der Waals surface area contributed by atoms with Crippen LogP contribution in [0.1, 0.15) is 47.9 Å². The minimum absolute atomic E-state index is 0.0267. The van der Waals surface area contributed by atoms with Crippen LogP contribution in [-0.4, -0.2) is 47.7 Å². The van der Waals surface area contributed by atoms with E-state index in [4.69, 9.17) is 5.11 Å². The molecule has 0 bridgehead atoms. The summed E-state index contributed by atoms with van der Waals surface area (Å²) in [4.78, 5) is 34.8. The van der Waals surface area contributed by atoms with Gasteiger partial charge in [-0.15, -0.1) is 0 Å². The van der Waals surface area contributed by atoms with Crippen molar-refractivity contribution in [1.29, 1.82) is 0 Å². The molecular formula is C15H18N2O6S. The summed E-state index contributed by atoms with van der Waals surface area (Å²) < 4.78 is 25.7. The summed E-state index contributed by atoms with van der Waals surface area (Å²) in [5.41, 5.74) is 0.0757. The number of amides is 2. The van der Waals surface area contributed by atoms with E-state index in [9.17, 15) is 22.8 Å². The molecule has 1 atom stereocenters. The predicted molar refractivity (Wildman–Crippen MR) is 84.1 cm³/mol.